The van der Waals surface area contributed by atoms with Gasteiger partial charge in [-0.2, -0.15) is 0 Å². The molecule has 0 saturated carbocycles. The third kappa shape index (κ3) is 5.08. The van der Waals surface area contributed by atoms with Gasteiger partial charge in [0.05, 0.1) is 0 Å². The van der Waals surface area contributed by atoms with E-state index in [4.69, 9.17) is 19.0 Å². The summed E-state index contributed by atoms with van der Waals surface area (Å²) in [6.07, 6.45) is 0. The molecular formula is C3H8AsNO4S. The number of hydrogen-bond acceptors (Lipinski definition) is 5. The van der Waals surface area contributed by atoms with Crippen molar-refractivity contribution >= 4 is 30.2 Å². The normalized spacial score (nSPS) is 13.6. The second kappa shape index (κ2) is 4.98. The number of carboxylic acids is 1. The van der Waals surface area contributed by atoms with E-state index in [9.17, 15) is 4.79 Å². The van der Waals surface area contributed by atoms with Gasteiger partial charge in [-0.1, -0.05) is 0 Å². The van der Waals surface area contributed by atoms with Gasteiger partial charge < -0.3 is 0 Å². The van der Waals surface area contributed by atoms with Crippen LogP contribution in [-0.4, -0.2) is 45.2 Å². The Balaban J connectivity index is 3.40. The molecule has 0 aliphatic rings. The minimum atomic E-state index is -2.75. The number of carbonyl (C=O) groups is 1. The van der Waals surface area contributed by atoms with Crippen LogP contribution in [0.3, 0.4) is 0 Å². The molecule has 5 nitrogen and oxygen atoms in total. The Hall–Kier alpha value is 0.258. The third-order valence-corrected chi connectivity index (χ3v) is 3.82. The van der Waals surface area contributed by atoms with Gasteiger partial charge in [0.25, 0.3) is 0 Å². The Morgan fingerprint density at radius 3 is 2.50 bits per heavy atom. The zero-order valence-corrected chi connectivity index (χ0v) is 7.66. The summed E-state index contributed by atoms with van der Waals surface area (Å²) in [6, 6.07) is -0.999. The molecule has 1 atom stereocenters. The number of rotatable bonds is 4. The molecule has 1 unspecified atom stereocenters. The van der Waals surface area contributed by atoms with Crippen molar-refractivity contribution in [2.75, 3.05) is 5.75 Å². The van der Waals surface area contributed by atoms with Crippen molar-refractivity contribution in [3.05, 3.63) is 0 Å². The molecule has 0 spiro atoms. The Bertz CT molecular complexity index is 121. The number of hydrogen-bond donors (Lipinski definition) is 4. The fourth-order valence-corrected chi connectivity index (χ4v) is 2.50. The van der Waals surface area contributed by atoms with E-state index < -0.39 is 26.2 Å². The van der Waals surface area contributed by atoms with Crippen LogP contribution in [0.2, 0.25) is 0 Å². The summed E-state index contributed by atoms with van der Waals surface area (Å²) in [6.45, 7) is 0. The van der Waals surface area contributed by atoms with Crippen LogP contribution in [0.25, 0.3) is 0 Å². The molecule has 0 saturated heterocycles. The van der Waals surface area contributed by atoms with Gasteiger partial charge in [-0.3, -0.25) is 0 Å². The Kier molecular flexibility index (Phi) is 5.11. The van der Waals surface area contributed by atoms with E-state index in [1.165, 1.54) is 0 Å². The van der Waals surface area contributed by atoms with Gasteiger partial charge >= 0.3 is 65.8 Å². The summed E-state index contributed by atoms with van der Waals surface area (Å²) in [4.78, 5) is 10.0. The third-order valence-electron chi connectivity index (χ3n) is 0.687. The molecule has 0 aromatic heterocycles. The maximum atomic E-state index is 10.0. The van der Waals surface area contributed by atoms with Crippen LogP contribution in [0.15, 0.2) is 0 Å². The zero-order valence-electron chi connectivity index (χ0n) is 4.97. The predicted octanol–water partition coefficient (Wildman–Crippen LogP) is -1.90. The number of nitrogens with two attached hydrogens (primary N) is 1. The summed E-state index contributed by atoms with van der Waals surface area (Å²) < 4.78 is 16.8. The summed E-state index contributed by atoms with van der Waals surface area (Å²) in [5, 5.41) is 8.21. The van der Waals surface area contributed by atoms with E-state index in [1.54, 1.807) is 0 Å². The summed E-state index contributed by atoms with van der Waals surface area (Å²) >= 11 is -2.75. The monoisotopic (exact) mass is 229 g/mol. The molecule has 10 heavy (non-hydrogen) atoms. The van der Waals surface area contributed by atoms with E-state index in [2.05, 4.69) is 0 Å². The van der Waals surface area contributed by atoms with Gasteiger partial charge in [0.1, 0.15) is 0 Å². The predicted molar refractivity (Wildman–Crippen MR) is 38.3 cm³/mol. The first kappa shape index (κ1) is 10.3. The quantitative estimate of drug-likeness (QED) is 0.420. The molecule has 7 heteroatoms. The van der Waals surface area contributed by atoms with Crippen molar-refractivity contribution in [2.24, 2.45) is 5.73 Å². The van der Waals surface area contributed by atoms with Gasteiger partial charge in [-0.25, -0.2) is 0 Å². The summed E-state index contributed by atoms with van der Waals surface area (Å²) in [5.41, 5.74) is 5.05. The fraction of sp³-hybridized carbons (Fsp3) is 0.667. The fourth-order valence-electron chi connectivity index (χ4n) is 0.218. The van der Waals surface area contributed by atoms with E-state index in [0.29, 0.717) is 0 Å². The molecule has 60 valence electrons. The van der Waals surface area contributed by atoms with E-state index in [-0.39, 0.29) is 5.75 Å². The molecule has 0 aliphatic carbocycles. The van der Waals surface area contributed by atoms with Gasteiger partial charge in [0.2, 0.25) is 0 Å². The first-order valence-electron chi connectivity index (χ1n) is 2.33. The SMILES string of the molecule is NC(CS[As](O)O)C(=O)O. The molecule has 0 aromatic carbocycles. The van der Waals surface area contributed by atoms with Crippen LogP contribution >= 0.6 is 10.0 Å². The van der Waals surface area contributed by atoms with Gasteiger partial charge in [0, 0.05) is 0 Å². The van der Waals surface area contributed by atoms with Gasteiger partial charge in [-0.15, -0.1) is 0 Å². The first-order valence-corrected chi connectivity index (χ1v) is 7.25. The standard InChI is InChI=1S/C3H8AsNO4S/c5-2(3(6)7)1-10-4(8)9/h2,8-9H,1,5H2,(H,6,7). The average molecular weight is 229 g/mol. The molecule has 0 heterocycles. The molecule has 0 radical (unpaired) electrons. The molecular weight excluding hydrogens is 221 g/mol. The van der Waals surface area contributed by atoms with Crippen molar-refractivity contribution in [2.45, 2.75) is 6.04 Å². The van der Waals surface area contributed by atoms with Gasteiger partial charge in [0.15, 0.2) is 0 Å². The Labute approximate surface area is 66.2 Å². The van der Waals surface area contributed by atoms with Gasteiger partial charge in [-0.05, 0) is 0 Å². The van der Waals surface area contributed by atoms with Crippen LogP contribution in [0.5, 0.6) is 0 Å². The Morgan fingerprint density at radius 1 is 1.70 bits per heavy atom. The van der Waals surface area contributed by atoms with E-state index in [0.717, 1.165) is 10.0 Å². The topological polar surface area (TPSA) is 104 Å². The summed E-state index contributed by atoms with van der Waals surface area (Å²) in [7, 11) is 0.819. The van der Waals surface area contributed by atoms with Crippen molar-refractivity contribution in [3.63, 3.8) is 0 Å². The Morgan fingerprint density at radius 2 is 2.20 bits per heavy atom. The van der Waals surface area contributed by atoms with E-state index in [1.807, 2.05) is 0 Å². The average Bonchev–Trinajstić information content (AvgIpc) is 1.82. The second-order valence-corrected chi connectivity index (χ2v) is 6.47. The minimum absolute atomic E-state index is 0.0579. The molecule has 5 N–H and O–H groups in total. The van der Waals surface area contributed by atoms with Crippen LogP contribution in [0.1, 0.15) is 0 Å². The van der Waals surface area contributed by atoms with Crippen LogP contribution in [0, 0.1) is 0 Å². The zero-order chi connectivity index (χ0) is 8.15. The van der Waals surface area contributed by atoms with Crippen molar-refractivity contribution in [1.82, 2.24) is 0 Å². The molecule has 0 aromatic rings. The first-order chi connectivity index (χ1) is 4.54. The van der Waals surface area contributed by atoms with Crippen molar-refractivity contribution in [1.29, 1.82) is 0 Å². The molecule has 0 amide bonds. The number of carboxylic acid groups (broad SMARTS) is 1. The van der Waals surface area contributed by atoms with Crippen LogP contribution in [-0.2, 0) is 4.79 Å². The molecule has 0 bridgehead atoms. The molecule has 0 rings (SSSR count). The van der Waals surface area contributed by atoms with Crippen LogP contribution < -0.4 is 5.73 Å². The van der Waals surface area contributed by atoms with Crippen molar-refractivity contribution < 1.29 is 18.1 Å². The maximum absolute atomic E-state index is 10.0. The molecule has 0 aliphatic heterocycles. The number of aliphatic carboxylic acids is 1. The van der Waals surface area contributed by atoms with E-state index >= 15 is 0 Å². The second-order valence-electron chi connectivity index (χ2n) is 1.49. The van der Waals surface area contributed by atoms with Crippen LogP contribution in [0.4, 0.5) is 0 Å². The summed E-state index contributed by atoms with van der Waals surface area (Å²) in [5.74, 6) is -1.06. The molecule has 0 fully saturated rings. The van der Waals surface area contributed by atoms with Crippen molar-refractivity contribution in [3.8, 4) is 0 Å².